The molecule has 1 aliphatic heterocycles. The second-order valence-electron chi connectivity index (χ2n) is 8.83. The summed E-state index contributed by atoms with van der Waals surface area (Å²) < 4.78 is 17.6. The molecule has 1 N–H and O–H groups in total. The Bertz CT molecular complexity index is 1250. The van der Waals surface area contributed by atoms with Gasteiger partial charge in [-0.3, -0.25) is 4.90 Å². The van der Waals surface area contributed by atoms with Crippen LogP contribution < -0.4 is 4.74 Å². The second kappa shape index (κ2) is 10.8. The summed E-state index contributed by atoms with van der Waals surface area (Å²) in [6, 6.07) is 27.6. The van der Waals surface area contributed by atoms with Gasteiger partial charge in [-0.1, -0.05) is 72.8 Å². The number of nitrogens with zero attached hydrogens (tertiary/aromatic N) is 2. The van der Waals surface area contributed by atoms with E-state index in [9.17, 15) is 4.79 Å². The van der Waals surface area contributed by atoms with E-state index in [0.717, 1.165) is 41.1 Å². The molecule has 0 spiro atoms. The predicted octanol–water partition coefficient (Wildman–Crippen LogP) is 5.43. The average molecular weight is 485 g/mol. The van der Waals surface area contributed by atoms with Crippen LogP contribution in [0.1, 0.15) is 23.9 Å². The SMILES string of the molecule is CO[C@@H]1C[C@@H](c2nc(-c3ccccc3)c(-c3ccccc3)o2)N(Cc2cccc(OCC(=O)O)c2)C1. The highest BCUT2D eigenvalue weighted by molar-refractivity contribution is 5.76. The highest BCUT2D eigenvalue weighted by Gasteiger charge is 2.37. The summed E-state index contributed by atoms with van der Waals surface area (Å²) in [5.74, 6) is 0.935. The zero-order valence-corrected chi connectivity index (χ0v) is 20.0. The maximum atomic E-state index is 10.9. The maximum Gasteiger partial charge on any atom is 0.341 e. The lowest BCUT2D eigenvalue weighted by molar-refractivity contribution is -0.139. The first-order chi connectivity index (χ1) is 17.6. The Hall–Kier alpha value is -3.94. The third kappa shape index (κ3) is 5.32. The van der Waals surface area contributed by atoms with Gasteiger partial charge in [-0.2, -0.15) is 0 Å². The topological polar surface area (TPSA) is 85.0 Å². The zero-order valence-electron chi connectivity index (χ0n) is 20.0. The van der Waals surface area contributed by atoms with Gasteiger partial charge in [0.25, 0.3) is 0 Å². The molecule has 184 valence electrons. The smallest absolute Gasteiger partial charge is 0.341 e. The number of methoxy groups -OCH3 is 1. The van der Waals surface area contributed by atoms with Crippen molar-refractivity contribution in [1.29, 1.82) is 0 Å². The van der Waals surface area contributed by atoms with Crippen molar-refractivity contribution in [3.63, 3.8) is 0 Å². The number of oxazole rings is 1. The van der Waals surface area contributed by atoms with E-state index in [1.807, 2.05) is 78.9 Å². The first-order valence-electron chi connectivity index (χ1n) is 11.9. The van der Waals surface area contributed by atoms with Gasteiger partial charge in [0.1, 0.15) is 11.4 Å². The molecule has 0 bridgehead atoms. The van der Waals surface area contributed by atoms with Crippen LogP contribution in [0.4, 0.5) is 0 Å². The molecule has 0 unspecified atom stereocenters. The van der Waals surface area contributed by atoms with Crippen LogP contribution in [-0.2, 0) is 16.1 Å². The number of rotatable bonds is 9. The van der Waals surface area contributed by atoms with E-state index in [4.69, 9.17) is 24.0 Å². The third-order valence-electron chi connectivity index (χ3n) is 6.36. The van der Waals surface area contributed by atoms with E-state index in [1.165, 1.54) is 0 Å². The van der Waals surface area contributed by atoms with Crippen LogP contribution in [-0.4, -0.2) is 47.3 Å². The molecule has 1 saturated heterocycles. The highest BCUT2D eigenvalue weighted by Crippen LogP contribution is 2.40. The predicted molar refractivity (Wildman–Crippen MR) is 136 cm³/mol. The number of aromatic nitrogens is 1. The van der Waals surface area contributed by atoms with E-state index in [1.54, 1.807) is 13.2 Å². The lowest BCUT2D eigenvalue weighted by Gasteiger charge is -2.22. The van der Waals surface area contributed by atoms with E-state index < -0.39 is 5.97 Å². The van der Waals surface area contributed by atoms with Gasteiger partial charge in [0.15, 0.2) is 12.4 Å². The van der Waals surface area contributed by atoms with E-state index in [-0.39, 0.29) is 18.8 Å². The molecule has 1 fully saturated rings. The molecule has 36 heavy (non-hydrogen) atoms. The Labute approximate surface area is 209 Å². The molecular weight excluding hydrogens is 456 g/mol. The molecule has 0 aliphatic carbocycles. The average Bonchev–Trinajstić information content (AvgIpc) is 3.53. The van der Waals surface area contributed by atoms with Gasteiger partial charge in [-0.15, -0.1) is 0 Å². The number of likely N-dealkylation sites (tertiary alicyclic amines) is 1. The molecule has 2 heterocycles. The summed E-state index contributed by atoms with van der Waals surface area (Å²) in [7, 11) is 1.73. The Kier molecular flexibility index (Phi) is 7.11. The van der Waals surface area contributed by atoms with Crippen molar-refractivity contribution in [2.45, 2.75) is 25.1 Å². The number of carboxylic acid groups (broad SMARTS) is 1. The molecule has 1 aromatic heterocycles. The Morgan fingerprint density at radius 3 is 2.44 bits per heavy atom. The van der Waals surface area contributed by atoms with Crippen molar-refractivity contribution >= 4 is 5.97 Å². The largest absolute Gasteiger partial charge is 0.482 e. The van der Waals surface area contributed by atoms with E-state index >= 15 is 0 Å². The normalized spacial score (nSPS) is 17.8. The number of carboxylic acids is 1. The molecular formula is C29H28N2O5. The maximum absolute atomic E-state index is 10.9. The Morgan fingerprint density at radius 1 is 1.03 bits per heavy atom. The Balaban J connectivity index is 1.47. The van der Waals surface area contributed by atoms with Crippen molar-refractivity contribution in [2.75, 3.05) is 20.3 Å². The van der Waals surface area contributed by atoms with Crippen LogP contribution in [0.3, 0.4) is 0 Å². The summed E-state index contributed by atoms with van der Waals surface area (Å²) in [4.78, 5) is 18.2. The van der Waals surface area contributed by atoms with Gasteiger partial charge < -0.3 is 19.0 Å². The van der Waals surface area contributed by atoms with Crippen molar-refractivity contribution in [1.82, 2.24) is 9.88 Å². The van der Waals surface area contributed by atoms with Crippen LogP contribution in [0.15, 0.2) is 89.3 Å². The minimum atomic E-state index is -1.00. The van der Waals surface area contributed by atoms with E-state index in [0.29, 0.717) is 18.2 Å². The lowest BCUT2D eigenvalue weighted by atomic mass is 10.1. The van der Waals surface area contributed by atoms with E-state index in [2.05, 4.69) is 4.90 Å². The lowest BCUT2D eigenvalue weighted by Crippen LogP contribution is -2.25. The fourth-order valence-corrected chi connectivity index (χ4v) is 4.63. The van der Waals surface area contributed by atoms with Crippen molar-refractivity contribution in [2.24, 2.45) is 0 Å². The number of ether oxygens (including phenoxy) is 2. The number of aliphatic carboxylic acids is 1. The molecule has 0 radical (unpaired) electrons. The molecule has 7 heteroatoms. The number of hydrogen-bond acceptors (Lipinski definition) is 6. The van der Waals surface area contributed by atoms with Gasteiger partial charge in [-0.25, -0.2) is 9.78 Å². The minimum absolute atomic E-state index is 0.0497. The molecule has 1 aliphatic rings. The van der Waals surface area contributed by atoms with Gasteiger partial charge in [0.2, 0.25) is 5.89 Å². The molecule has 0 saturated carbocycles. The minimum Gasteiger partial charge on any atom is -0.482 e. The Morgan fingerprint density at radius 2 is 1.75 bits per heavy atom. The van der Waals surface area contributed by atoms with Crippen LogP contribution >= 0.6 is 0 Å². The van der Waals surface area contributed by atoms with Gasteiger partial charge >= 0.3 is 5.97 Å². The summed E-state index contributed by atoms with van der Waals surface area (Å²) in [6.07, 6.45) is 0.808. The summed E-state index contributed by atoms with van der Waals surface area (Å²) in [6.45, 7) is 0.978. The van der Waals surface area contributed by atoms with Gasteiger partial charge in [-0.05, 0) is 24.1 Å². The molecule has 3 aromatic carbocycles. The van der Waals surface area contributed by atoms with Crippen LogP contribution in [0, 0.1) is 0 Å². The van der Waals surface area contributed by atoms with Crippen LogP contribution in [0.2, 0.25) is 0 Å². The van der Waals surface area contributed by atoms with Gasteiger partial charge in [0.05, 0.1) is 12.1 Å². The molecule has 5 rings (SSSR count). The summed E-state index contributed by atoms with van der Waals surface area (Å²) >= 11 is 0. The second-order valence-corrected chi connectivity index (χ2v) is 8.83. The van der Waals surface area contributed by atoms with Crippen LogP contribution in [0.25, 0.3) is 22.6 Å². The summed E-state index contributed by atoms with van der Waals surface area (Å²) in [5.41, 5.74) is 3.81. The molecule has 7 nitrogen and oxygen atoms in total. The quantitative estimate of drug-likeness (QED) is 0.339. The number of hydrogen-bond donors (Lipinski definition) is 1. The number of benzene rings is 3. The monoisotopic (exact) mass is 484 g/mol. The fourth-order valence-electron chi connectivity index (χ4n) is 4.63. The number of carbonyl (C=O) groups is 1. The molecule has 2 atom stereocenters. The standard InChI is InChI=1S/C29H28N2O5/c1-34-24-16-25(31(18-24)17-20-9-8-14-23(15-20)35-19-26(32)33)29-30-27(21-10-4-2-5-11-21)28(36-29)22-12-6-3-7-13-22/h2-15,24-25H,16-19H2,1H3,(H,32,33)/t24-,25+/m1/s1. The first-order valence-corrected chi connectivity index (χ1v) is 11.9. The molecule has 4 aromatic rings. The first kappa shape index (κ1) is 23.8. The van der Waals surface area contributed by atoms with Crippen LogP contribution in [0.5, 0.6) is 5.75 Å². The third-order valence-corrected chi connectivity index (χ3v) is 6.36. The van der Waals surface area contributed by atoms with Crippen molar-refractivity contribution in [3.05, 3.63) is 96.4 Å². The van der Waals surface area contributed by atoms with Crippen molar-refractivity contribution < 1.29 is 23.8 Å². The molecule has 0 amide bonds. The summed E-state index contributed by atoms with van der Waals surface area (Å²) in [5, 5.41) is 8.92. The highest BCUT2D eigenvalue weighted by atomic mass is 16.5. The van der Waals surface area contributed by atoms with Crippen molar-refractivity contribution in [3.8, 4) is 28.3 Å². The fraction of sp³-hybridized carbons (Fsp3) is 0.241. The zero-order chi connectivity index (χ0) is 24.9. The van der Waals surface area contributed by atoms with Gasteiger partial charge in [0, 0.05) is 31.3 Å².